The summed E-state index contributed by atoms with van der Waals surface area (Å²) in [5.74, 6) is 0.716. The zero-order chi connectivity index (χ0) is 19.4. The van der Waals surface area contributed by atoms with Crippen molar-refractivity contribution in [3.8, 4) is 5.75 Å². The molecule has 1 aromatic carbocycles. The molecule has 2 heteroatoms. The highest BCUT2D eigenvalue weighted by atomic mass is 16.5. The van der Waals surface area contributed by atoms with Gasteiger partial charge in [-0.25, -0.2) is 0 Å². The lowest BCUT2D eigenvalue weighted by Crippen LogP contribution is -1.95. The summed E-state index contributed by atoms with van der Waals surface area (Å²) in [5, 5.41) is 0. The molecular formula is C25H42O2. The SMILES string of the molecule is CCCCCCCCCCCCCCCCCCc1ccccc1OC=O. The van der Waals surface area contributed by atoms with Crippen LogP contribution < -0.4 is 4.74 Å². The fraction of sp³-hybridized carbons (Fsp3) is 0.720. The first-order chi connectivity index (χ1) is 13.4. The molecule has 1 aromatic rings. The maximum absolute atomic E-state index is 10.5. The van der Waals surface area contributed by atoms with Gasteiger partial charge in [0.2, 0.25) is 0 Å². The Morgan fingerprint density at radius 3 is 1.59 bits per heavy atom. The van der Waals surface area contributed by atoms with E-state index in [1.807, 2.05) is 18.2 Å². The second kappa shape index (κ2) is 18.1. The van der Waals surface area contributed by atoms with E-state index in [1.54, 1.807) is 0 Å². The van der Waals surface area contributed by atoms with E-state index < -0.39 is 0 Å². The van der Waals surface area contributed by atoms with E-state index in [0.717, 1.165) is 12.0 Å². The van der Waals surface area contributed by atoms with E-state index in [4.69, 9.17) is 4.74 Å². The number of ether oxygens (including phenoxy) is 1. The van der Waals surface area contributed by atoms with Gasteiger partial charge in [-0.3, -0.25) is 4.79 Å². The summed E-state index contributed by atoms with van der Waals surface area (Å²) < 4.78 is 5.04. The number of rotatable bonds is 19. The van der Waals surface area contributed by atoms with E-state index in [-0.39, 0.29) is 0 Å². The first-order valence-electron chi connectivity index (χ1n) is 11.6. The predicted octanol–water partition coefficient (Wildman–Crippen LogP) is 8.03. The van der Waals surface area contributed by atoms with Crippen LogP contribution in [0.3, 0.4) is 0 Å². The molecule has 0 fully saturated rings. The Morgan fingerprint density at radius 2 is 1.11 bits per heavy atom. The van der Waals surface area contributed by atoms with Gasteiger partial charge in [0.15, 0.2) is 0 Å². The number of benzene rings is 1. The number of aryl methyl sites for hydroxylation is 1. The molecule has 0 saturated heterocycles. The Labute approximate surface area is 168 Å². The molecule has 0 aliphatic rings. The molecule has 2 nitrogen and oxygen atoms in total. The van der Waals surface area contributed by atoms with Gasteiger partial charge in [0.1, 0.15) is 5.75 Å². The number of hydrogen-bond acceptors (Lipinski definition) is 2. The molecule has 0 amide bonds. The summed E-state index contributed by atoms with van der Waals surface area (Å²) in [5.41, 5.74) is 1.15. The van der Waals surface area contributed by atoms with Crippen molar-refractivity contribution in [2.75, 3.05) is 0 Å². The van der Waals surface area contributed by atoms with Crippen LogP contribution in [0.2, 0.25) is 0 Å². The van der Waals surface area contributed by atoms with Gasteiger partial charge in [-0.1, -0.05) is 121 Å². The highest BCUT2D eigenvalue weighted by Crippen LogP contribution is 2.20. The summed E-state index contributed by atoms with van der Waals surface area (Å²) in [6, 6.07) is 7.86. The minimum atomic E-state index is 0.520. The van der Waals surface area contributed by atoms with Crippen molar-refractivity contribution < 1.29 is 9.53 Å². The Morgan fingerprint density at radius 1 is 0.667 bits per heavy atom. The molecule has 0 unspecified atom stereocenters. The molecule has 27 heavy (non-hydrogen) atoms. The molecule has 1 rings (SSSR count). The minimum Gasteiger partial charge on any atom is -0.428 e. The van der Waals surface area contributed by atoms with E-state index in [0.29, 0.717) is 12.2 Å². The summed E-state index contributed by atoms with van der Waals surface area (Å²) >= 11 is 0. The first-order valence-corrected chi connectivity index (χ1v) is 11.6. The molecule has 0 aliphatic heterocycles. The number of carbonyl (C=O) groups excluding carboxylic acids is 1. The monoisotopic (exact) mass is 374 g/mol. The molecule has 0 atom stereocenters. The molecule has 0 bridgehead atoms. The fourth-order valence-corrected chi connectivity index (χ4v) is 3.74. The minimum absolute atomic E-state index is 0.520. The quantitative estimate of drug-likeness (QED) is 0.181. The Balaban J connectivity index is 1.84. The van der Waals surface area contributed by atoms with Crippen molar-refractivity contribution in [1.29, 1.82) is 0 Å². The smallest absolute Gasteiger partial charge is 0.298 e. The topological polar surface area (TPSA) is 26.3 Å². The zero-order valence-electron chi connectivity index (χ0n) is 17.7. The third-order valence-corrected chi connectivity index (χ3v) is 5.45. The van der Waals surface area contributed by atoms with Crippen molar-refractivity contribution >= 4 is 6.47 Å². The first kappa shape index (κ1) is 23.7. The average molecular weight is 375 g/mol. The van der Waals surface area contributed by atoms with Crippen LogP contribution in [-0.2, 0) is 11.2 Å². The molecular weight excluding hydrogens is 332 g/mol. The molecule has 0 saturated carbocycles. The molecule has 0 aliphatic carbocycles. The number of carbonyl (C=O) groups is 1. The lowest BCUT2D eigenvalue weighted by Gasteiger charge is -2.07. The normalized spacial score (nSPS) is 10.9. The van der Waals surface area contributed by atoms with Crippen molar-refractivity contribution in [3.05, 3.63) is 29.8 Å². The van der Waals surface area contributed by atoms with Gasteiger partial charge in [0.25, 0.3) is 6.47 Å². The van der Waals surface area contributed by atoms with Crippen LogP contribution >= 0.6 is 0 Å². The van der Waals surface area contributed by atoms with Crippen LogP contribution in [-0.4, -0.2) is 6.47 Å². The maximum Gasteiger partial charge on any atom is 0.298 e. The lowest BCUT2D eigenvalue weighted by atomic mass is 10.0. The third-order valence-electron chi connectivity index (χ3n) is 5.45. The summed E-state index contributed by atoms with van der Waals surface area (Å²) in [7, 11) is 0. The van der Waals surface area contributed by atoms with Gasteiger partial charge >= 0.3 is 0 Å². The van der Waals surface area contributed by atoms with Crippen molar-refractivity contribution in [2.24, 2.45) is 0 Å². The van der Waals surface area contributed by atoms with Gasteiger partial charge in [0, 0.05) is 0 Å². The molecule has 0 heterocycles. The Hall–Kier alpha value is -1.31. The zero-order valence-corrected chi connectivity index (χ0v) is 17.7. The third kappa shape index (κ3) is 13.5. The molecule has 0 radical (unpaired) electrons. The lowest BCUT2D eigenvalue weighted by molar-refractivity contribution is -0.120. The highest BCUT2D eigenvalue weighted by Gasteiger charge is 2.02. The van der Waals surface area contributed by atoms with Crippen LogP contribution in [0.1, 0.15) is 115 Å². The van der Waals surface area contributed by atoms with Crippen LogP contribution in [0.15, 0.2) is 24.3 Å². The van der Waals surface area contributed by atoms with Crippen LogP contribution in [0.5, 0.6) is 5.75 Å². The molecule has 0 spiro atoms. The van der Waals surface area contributed by atoms with Gasteiger partial charge in [-0.2, -0.15) is 0 Å². The fourth-order valence-electron chi connectivity index (χ4n) is 3.74. The molecule has 0 N–H and O–H groups in total. The number of hydrogen-bond donors (Lipinski definition) is 0. The number of para-hydroxylation sites is 1. The van der Waals surface area contributed by atoms with Gasteiger partial charge in [-0.15, -0.1) is 0 Å². The second-order valence-electron chi connectivity index (χ2n) is 7.88. The summed E-state index contributed by atoms with van der Waals surface area (Å²) in [6.07, 6.45) is 23.2. The van der Waals surface area contributed by atoms with E-state index >= 15 is 0 Å². The predicted molar refractivity (Wildman–Crippen MR) is 116 cm³/mol. The molecule has 0 aromatic heterocycles. The standard InChI is InChI=1S/C25H42O2/c1-2-3-4-5-6-7-8-9-10-11-12-13-14-15-16-17-20-24-21-18-19-22-25(24)27-23-26/h18-19,21-23H,2-17,20H2,1H3. The van der Waals surface area contributed by atoms with Crippen LogP contribution in [0.25, 0.3) is 0 Å². The Kier molecular flexibility index (Phi) is 15.9. The van der Waals surface area contributed by atoms with Gasteiger partial charge < -0.3 is 4.74 Å². The van der Waals surface area contributed by atoms with Crippen molar-refractivity contribution in [3.63, 3.8) is 0 Å². The average Bonchev–Trinajstić information content (AvgIpc) is 2.69. The van der Waals surface area contributed by atoms with E-state index in [9.17, 15) is 4.79 Å². The largest absolute Gasteiger partial charge is 0.428 e. The Bertz CT molecular complexity index is 455. The maximum atomic E-state index is 10.5. The number of unbranched alkanes of at least 4 members (excludes halogenated alkanes) is 15. The van der Waals surface area contributed by atoms with Crippen molar-refractivity contribution in [2.45, 2.75) is 116 Å². The second-order valence-corrected chi connectivity index (χ2v) is 7.88. The van der Waals surface area contributed by atoms with Gasteiger partial charge in [-0.05, 0) is 24.5 Å². The van der Waals surface area contributed by atoms with E-state index in [1.165, 1.54) is 103 Å². The molecule has 154 valence electrons. The van der Waals surface area contributed by atoms with Crippen molar-refractivity contribution in [1.82, 2.24) is 0 Å². The van der Waals surface area contributed by atoms with Crippen LogP contribution in [0.4, 0.5) is 0 Å². The summed E-state index contributed by atoms with van der Waals surface area (Å²) in [6.45, 7) is 2.80. The highest BCUT2D eigenvalue weighted by molar-refractivity contribution is 5.47. The van der Waals surface area contributed by atoms with E-state index in [2.05, 4.69) is 13.0 Å². The van der Waals surface area contributed by atoms with Gasteiger partial charge in [0.05, 0.1) is 0 Å². The summed E-state index contributed by atoms with van der Waals surface area (Å²) in [4.78, 5) is 10.5. The van der Waals surface area contributed by atoms with Crippen LogP contribution in [0, 0.1) is 0 Å².